The molecule has 6 heteroatoms. The normalized spacial score (nSPS) is 14.8. The lowest BCUT2D eigenvalue weighted by Gasteiger charge is -2.45. The molecule has 0 amide bonds. The summed E-state index contributed by atoms with van der Waals surface area (Å²) >= 11 is 0. The number of hydrogen-bond acceptors (Lipinski definition) is 4. The largest absolute Gasteiger partial charge is 0.454 e. The van der Waals surface area contributed by atoms with Crippen molar-refractivity contribution in [3.63, 3.8) is 0 Å². The quantitative estimate of drug-likeness (QED) is 0.177. The van der Waals surface area contributed by atoms with Gasteiger partial charge in [0, 0.05) is 55.0 Å². The molecular weight excluding hydrogens is 783 g/mol. The Labute approximate surface area is 368 Å². The van der Waals surface area contributed by atoms with Gasteiger partial charge in [-0.3, -0.25) is 0 Å². The third kappa shape index (κ3) is 4.71. The highest BCUT2D eigenvalue weighted by atomic mass is 16.5. The van der Waals surface area contributed by atoms with E-state index in [2.05, 4.69) is 161 Å². The van der Waals surface area contributed by atoms with Gasteiger partial charge < -0.3 is 13.9 Å². The zero-order chi connectivity index (χ0) is 41.9. The van der Waals surface area contributed by atoms with Crippen LogP contribution in [0.2, 0.25) is 0 Å². The zero-order valence-corrected chi connectivity index (χ0v) is 34.4. The molecule has 14 rings (SSSR count). The van der Waals surface area contributed by atoms with Crippen LogP contribution >= 0.6 is 0 Å². The van der Waals surface area contributed by atoms with Gasteiger partial charge >= 0.3 is 0 Å². The highest BCUT2D eigenvalue weighted by molar-refractivity contribution is 6.14. The van der Waals surface area contributed by atoms with E-state index in [0.29, 0.717) is 17.5 Å². The van der Waals surface area contributed by atoms with Crippen LogP contribution in [0.5, 0.6) is 11.5 Å². The molecule has 0 saturated heterocycles. The van der Waals surface area contributed by atoms with Crippen LogP contribution in [0.15, 0.2) is 212 Å². The fourth-order valence-electron chi connectivity index (χ4n) is 10.8. The van der Waals surface area contributed by atoms with Crippen molar-refractivity contribution in [1.29, 1.82) is 0 Å². The van der Waals surface area contributed by atoms with E-state index in [1.807, 2.05) is 60.7 Å². The van der Waals surface area contributed by atoms with Crippen molar-refractivity contribution < 1.29 is 4.74 Å². The predicted molar refractivity (Wildman–Crippen MR) is 257 cm³/mol. The minimum Gasteiger partial charge on any atom is -0.454 e. The molecule has 1 unspecified atom stereocenters. The molecular formula is C58H35N5O. The summed E-state index contributed by atoms with van der Waals surface area (Å²) in [6.45, 7) is 0. The molecule has 298 valence electrons. The molecule has 3 aromatic heterocycles. The Morgan fingerprint density at radius 2 is 0.859 bits per heavy atom. The maximum absolute atomic E-state index is 7.32. The molecule has 0 N–H and O–H groups in total. The summed E-state index contributed by atoms with van der Waals surface area (Å²) in [7, 11) is 0. The van der Waals surface area contributed by atoms with E-state index in [9.17, 15) is 0 Å². The van der Waals surface area contributed by atoms with Crippen molar-refractivity contribution in [2.75, 3.05) is 0 Å². The first-order valence-electron chi connectivity index (χ1n) is 21.7. The van der Waals surface area contributed by atoms with Crippen molar-refractivity contribution in [3.8, 4) is 57.0 Å². The first-order chi connectivity index (χ1) is 31.8. The first kappa shape index (κ1) is 35.0. The van der Waals surface area contributed by atoms with E-state index in [1.54, 1.807) is 0 Å². The minimum absolute atomic E-state index is 0.614. The van der Waals surface area contributed by atoms with Gasteiger partial charge in [-0.2, -0.15) is 0 Å². The van der Waals surface area contributed by atoms with Crippen molar-refractivity contribution in [2.45, 2.75) is 5.41 Å². The summed E-state index contributed by atoms with van der Waals surface area (Å²) < 4.78 is 12.2. The van der Waals surface area contributed by atoms with Crippen LogP contribution < -0.4 is 4.74 Å². The van der Waals surface area contributed by atoms with Crippen molar-refractivity contribution >= 4 is 43.6 Å². The number of para-hydroxylation sites is 5. The summed E-state index contributed by atoms with van der Waals surface area (Å²) in [4.78, 5) is 15.0. The number of hydrogen-bond donors (Lipinski definition) is 0. The van der Waals surface area contributed by atoms with Gasteiger partial charge in [-0.05, 0) is 59.7 Å². The number of rotatable bonds is 4. The Balaban J connectivity index is 1.03. The fourth-order valence-corrected chi connectivity index (χ4v) is 10.8. The molecule has 64 heavy (non-hydrogen) atoms. The summed E-state index contributed by atoms with van der Waals surface area (Å²) in [6, 6.07) is 75.4. The number of nitrogens with zero attached hydrogens (tertiary/aromatic N) is 5. The fraction of sp³-hybridized carbons (Fsp3) is 0.0172. The van der Waals surface area contributed by atoms with Crippen molar-refractivity contribution in [2.24, 2.45) is 0 Å². The molecule has 0 saturated carbocycles. The van der Waals surface area contributed by atoms with Gasteiger partial charge in [-0.25, -0.2) is 15.0 Å². The smallest absolute Gasteiger partial charge is 0.164 e. The van der Waals surface area contributed by atoms with E-state index in [-0.39, 0.29) is 0 Å². The van der Waals surface area contributed by atoms with Crippen molar-refractivity contribution in [1.82, 2.24) is 24.1 Å². The molecule has 0 radical (unpaired) electrons. The highest BCUT2D eigenvalue weighted by Crippen LogP contribution is 2.62. The maximum Gasteiger partial charge on any atom is 0.164 e. The Morgan fingerprint density at radius 3 is 1.55 bits per heavy atom. The van der Waals surface area contributed by atoms with Crippen LogP contribution in [-0.2, 0) is 5.41 Å². The lowest BCUT2D eigenvalue weighted by atomic mass is 9.61. The van der Waals surface area contributed by atoms with E-state index in [4.69, 9.17) is 19.7 Å². The summed E-state index contributed by atoms with van der Waals surface area (Å²) in [6.07, 6.45) is 0. The Morgan fingerprint density at radius 1 is 0.344 bits per heavy atom. The first-order valence-corrected chi connectivity index (χ1v) is 21.7. The Bertz CT molecular complexity index is 3810. The summed E-state index contributed by atoms with van der Waals surface area (Å²) in [5, 5.41) is 4.77. The van der Waals surface area contributed by atoms with Crippen LogP contribution in [-0.4, -0.2) is 24.1 Å². The second-order valence-electron chi connectivity index (χ2n) is 16.7. The van der Waals surface area contributed by atoms with Gasteiger partial charge in [-0.15, -0.1) is 0 Å². The van der Waals surface area contributed by atoms with E-state index in [1.165, 1.54) is 38.6 Å². The van der Waals surface area contributed by atoms with Gasteiger partial charge in [-0.1, -0.05) is 164 Å². The lowest BCUT2D eigenvalue weighted by molar-refractivity contribution is 0.438. The van der Waals surface area contributed by atoms with Crippen LogP contribution in [0.1, 0.15) is 22.3 Å². The monoisotopic (exact) mass is 817 g/mol. The molecule has 12 aromatic rings. The number of ether oxygens (including phenoxy) is 1. The molecule has 0 aliphatic carbocycles. The van der Waals surface area contributed by atoms with Crippen LogP contribution in [0.4, 0.5) is 0 Å². The van der Waals surface area contributed by atoms with Crippen LogP contribution in [0.25, 0.3) is 89.2 Å². The molecule has 1 atom stereocenters. The summed E-state index contributed by atoms with van der Waals surface area (Å²) in [5.41, 5.74) is 13.5. The van der Waals surface area contributed by atoms with E-state index >= 15 is 0 Å². The standard InChI is InChI=1S/C58H35N5O/c1-3-16-36(17-4-1)55-59-56(37-18-5-2-6-19-37)61-57(60-55)38-30-32-39(33-31-38)62-48-26-11-7-21-41(48)43-34-35-47-54(53(43)62)64-51-29-14-10-24-45(51)58(47)44-23-9-13-28-50(44)63-49-27-12-8-20-40(49)42-22-15-25-46(58)52(42)63/h1-35H. The molecule has 0 bridgehead atoms. The molecule has 0 fully saturated rings. The van der Waals surface area contributed by atoms with E-state index in [0.717, 1.165) is 66.8 Å². The molecule has 5 heterocycles. The third-order valence-electron chi connectivity index (χ3n) is 13.4. The SMILES string of the molecule is c1ccc(-c2nc(-c3ccccc3)nc(-c3ccc(-n4c5ccccc5c5ccc6c(c54)Oc4ccccc4C64c5ccccc5-n5c6ccccc6c6cccc4c65)cc3)n2)cc1. The molecule has 6 nitrogen and oxygen atoms in total. The molecule has 1 spiro atoms. The third-order valence-corrected chi connectivity index (χ3v) is 13.4. The summed E-state index contributed by atoms with van der Waals surface area (Å²) in [5.74, 6) is 3.58. The van der Waals surface area contributed by atoms with E-state index < -0.39 is 5.41 Å². The average molecular weight is 818 g/mol. The van der Waals surface area contributed by atoms with Gasteiger partial charge in [0.15, 0.2) is 23.2 Å². The lowest BCUT2D eigenvalue weighted by Crippen LogP contribution is -2.37. The number of fused-ring (bicyclic) bond motifs is 15. The molecule has 9 aromatic carbocycles. The topological polar surface area (TPSA) is 57.8 Å². The van der Waals surface area contributed by atoms with Crippen LogP contribution in [0, 0.1) is 0 Å². The number of aromatic nitrogens is 5. The minimum atomic E-state index is -0.685. The van der Waals surface area contributed by atoms with Gasteiger partial charge in [0.2, 0.25) is 0 Å². The molecule has 2 aliphatic heterocycles. The van der Waals surface area contributed by atoms with Crippen molar-refractivity contribution in [3.05, 3.63) is 235 Å². The maximum atomic E-state index is 7.32. The Kier molecular flexibility index (Phi) is 7.22. The predicted octanol–water partition coefficient (Wildman–Crippen LogP) is 13.9. The average Bonchev–Trinajstić information content (AvgIpc) is 3.90. The molecule has 2 aliphatic rings. The van der Waals surface area contributed by atoms with Gasteiger partial charge in [0.05, 0.1) is 33.2 Å². The zero-order valence-electron chi connectivity index (χ0n) is 34.4. The van der Waals surface area contributed by atoms with Gasteiger partial charge in [0.1, 0.15) is 5.75 Å². The highest BCUT2D eigenvalue weighted by Gasteiger charge is 2.51. The number of benzene rings is 9. The second kappa shape index (κ2) is 13.2. The van der Waals surface area contributed by atoms with Gasteiger partial charge in [0.25, 0.3) is 0 Å². The van der Waals surface area contributed by atoms with Crippen LogP contribution in [0.3, 0.4) is 0 Å². The second-order valence-corrected chi connectivity index (χ2v) is 16.7. The Hall–Kier alpha value is -8.61.